The molecule has 0 aliphatic carbocycles. The third kappa shape index (κ3) is 7.74. The van der Waals surface area contributed by atoms with Crippen molar-refractivity contribution in [2.75, 3.05) is 13.2 Å². The minimum atomic E-state index is -0.187. The van der Waals surface area contributed by atoms with Gasteiger partial charge < -0.3 is 15.2 Å². The van der Waals surface area contributed by atoms with Crippen LogP contribution in [0.2, 0.25) is 0 Å². The summed E-state index contributed by atoms with van der Waals surface area (Å²) < 4.78 is 5.81. The zero-order valence-corrected chi connectivity index (χ0v) is 12.5. The number of ether oxygens (including phenoxy) is 1. The molecule has 0 radical (unpaired) electrons. The summed E-state index contributed by atoms with van der Waals surface area (Å²) in [7, 11) is 0. The molecule has 0 spiro atoms. The summed E-state index contributed by atoms with van der Waals surface area (Å²) in [4.78, 5) is 0. The molecule has 0 saturated carbocycles. The van der Waals surface area contributed by atoms with Crippen molar-refractivity contribution < 1.29 is 9.84 Å². The molecule has 0 fully saturated rings. The number of hydrogen-bond donors (Lipinski definition) is 2. The van der Waals surface area contributed by atoms with Crippen LogP contribution in [0.15, 0.2) is 0 Å². The number of hydrogen-bond acceptors (Lipinski definition) is 3. The number of rotatable bonds is 9. The van der Waals surface area contributed by atoms with Gasteiger partial charge in [-0.3, -0.25) is 0 Å². The van der Waals surface area contributed by atoms with Crippen molar-refractivity contribution in [1.29, 1.82) is 0 Å². The van der Waals surface area contributed by atoms with Crippen LogP contribution in [0.5, 0.6) is 0 Å². The third-order valence-corrected chi connectivity index (χ3v) is 3.20. The predicted molar refractivity (Wildman–Crippen MR) is 73.3 cm³/mol. The van der Waals surface area contributed by atoms with Gasteiger partial charge in [-0.1, -0.05) is 20.8 Å². The molecule has 0 heterocycles. The van der Waals surface area contributed by atoms with E-state index in [1.165, 1.54) is 0 Å². The molecule has 17 heavy (non-hydrogen) atoms. The molecule has 0 aromatic heterocycles. The second kappa shape index (κ2) is 7.34. The molecule has 0 aromatic rings. The summed E-state index contributed by atoms with van der Waals surface area (Å²) in [5, 5.41) is 12.8. The fourth-order valence-electron chi connectivity index (χ4n) is 1.81. The van der Waals surface area contributed by atoms with Gasteiger partial charge >= 0.3 is 0 Å². The van der Waals surface area contributed by atoms with Crippen LogP contribution in [0.1, 0.15) is 60.8 Å². The standard InChI is InChI=1S/C14H31NO2/c1-7-13(4,5)17-10-8-9-14(6,11-16)15-12(2)3/h12,15-16H,7-11H2,1-6H3. The molecule has 104 valence electrons. The van der Waals surface area contributed by atoms with E-state index < -0.39 is 0 Å². The van der Waals surface area contributed by atoms with Crippen molar-refractivity contribution in [3.8, 4) is 0 Å². The lowest BCUT2D eigenvalue weighted by Crippen LogP contribution is -2.49. The summed E-state index contributed by atoms with van der Waals surface area (Å²) in [5.41, 5.74) is -0.213. The molecule has 2 N–H and O–H groups in total. The van der Waals surface area contributed by atoms with Crippen molar-refractivity contribution in [3.05, 3.63) is 0 Å². The highest BCUT2D eigenvalue weighted by Crippen LogP contribution is 2.17. The molecule has 0 bridgehead atoms. The third-order valence-electron chi connectivity index (χ3n) is 3.20. The Balaban J connectivity index is 3.92. The normalized spacial score (nSPS) is 16.2. The zero-order chi connectivity index (χ0) is 13.5. The Morgan fingerprint density at radius 2 is 1.82 bits per heavy atom. The molecule has 0 aliphatic heterocycles. The smallest absolute Gasteiger partial charge is 0.0623 e. The molecule has 1 atom stereocenters. The fourth-order valence-corrected chi connectivity index (χ4v) is 1.81. The van der Waals surface area contributed by atoms with Crippen molar-refractivity contribution in [2.24, 2.45) is 0 Å². The maximum absolute atomic E-state index is 9.44. The van der Waals surface area contributed by atoms with E-state index in [1.54, 1.807) is 0 Å². The van der Waals surface area contributed by atoms with Crippen molar-refractivity contribution in [1.82, 2.24) is 5.32 Å². The van der Waals surface area contributed by atoms with Gasteiger partial charge in [0.15, 0.2) is 0 Å². The van der Waals surface area contributed by atoms with Crippen LogP contribution in [-0.4, -0.2) is 35.5 Å². The van der Waals surface area contributed by atoms with E-state index in [-0.39, 0.29) is 17.7 Å². The Hall–Kier alpha value is -0.120. The quantitative estimate of drug-likeness (QED) is 0.614. The molecule has 0 amide bonds. The molecule has 0 aliphatic rings. The van der Waals surface area contributed by atoms with Gasteiger partial charge in [-0.15, -0.1) is 0 Å². The van der Waals surface area contributed by atoms with Crippen molar-refractivity contribution in [2.45, 2.75) is 78.0 Å². The summed E-state index contributed by atoms with van der Waals surface area (Å²) >= 11 is 0. The van der Waals surface area contributed by atoms with Crippen LogP contribution in [0.3, 0.4) is 0 Å². The Morgan fingerprint density at radius 3 is 2.24 bits per heavy atom. The Bertz CT molecular complexity index is 204. The molecule has 3 nitrogen and oxygen atoms in total. The molecule has 0 rings (SSSR count). The van der Waals surface area contributed by atoms with Gasteiger partial charge in [0.2, 0.25) is 0 Å². The monoisotopic (exact) mass is 245 g/mol. The predicted octanol–water partition coefficient (Wildman–Crippen LogP) is 2.72. The maximum atomic E-state index is 9.44. The topological polar surface area (TPSA) is 41.5 Å². The van der Waals surface area contributed by atoms with E-state index in [9.17, 15) is 5.11 Å². The van der Waals surface area contributed by atoms with Crippen LogP contribution in [0.25, 0.3) is 0 Å². The summed E-state index contributed by atoms with van der Waals surface area (Å²) in [5.74, 6) is 0. The average molecular weight is 245 g/mol. The maximum Gasteiger partial charge on any atom is 0.0623 e. The van der Waals surface area contributed by atoms with E-state index >= 15 is 0 Å². The molecule has 0 saturated heterocycles. The van der Waals surface area contributed by atoms with Gasteiger partial charge in [-0.25, -0.2) is 0 Å². The lowest BCUT2D eigenvalue weighted by Gasteiger charge is -2.32. The van der Waals surface area contributed by atoms with E-state index in [0.717, 1.165) is 25.9 Å². The minimum Gasteiger partial charge on any atom is -0.394 e. The second-order valence-electron chi connectivity index (χ2n) is 6.08. The number of aliphatic hydroxyl groups is 1. The van der Waals surface area contributed by atoms with Crippen LogP contribution in [-0.2, 0) is 4.74 Å². The number of aliphatic hydroxyl groups excluding tert-OH is 1. The Kier molecular flexibility index (Phi) is 7.29. The highest BCUT2D eigenvalue weighted by atomic mass is 16.5. The zero-order valence-electron chi connectivity index (χ0n) is 12.5. The highest BCUT2D eigenvalue weighted by molar-refractivity contribution is 4.83. The molecular weight excluding hydrogens is 214 g/mol. The van der Waals surface area contributed by atoms with Crippen LogP contribution < -0.4 is 5.32 Å². The first kappa shape index (κ1) is 16.9. The van der Waals surface area contributed by atoms with E-state index in [0.29, 0.717) is 6.04 Å². The first-order valence-corrected chi connectivity index (χ1v) is 6.77. The molecule has 3 heteroatoms. The van der Waals surface area contributed by atoms with Gasteiger partial charge in [0.05, 0.1) is 12.2 Å². The first-order valence-electron chi connectivity index (χ1n) is 6.77. The van der Waals surface area contributed by atoms with Crippen molar-refractivity contribution in [3.63, 3.8) is 0 Å². The first-order chi connectivity index (χ1) is 7.74. The van der Waals surface area contributed by atoms with Crippen LogP contribution >= 0.6 is 0 Å². The van der Waals surface area contributed by atoms with Gasteiger partial charge in [0, 0.05) is 18.2 Å². The van der Waals surface area contributed by atoms with Gasteiger partial charge in [0.25, 0.3) is 0 Å². The lowest BCUT2D eigenvalue weighted by molar-refractivity contribution is -0.0245. The van der Waals surface area contributed by atoms with Crippen LogP contribution in [0.4, 0.5) is 0 Å². The molecular formula is C14H31NO2. The fraction of sp³-hybridized carbons (Fsp3) is 1.00. The van der Waals surface area contributed by atoms with Crippen LogP contribution in [0, 0.1) is 0 Å². The lowest BCUT2D eigenvalue weighted by atomic mass is 9.96. The average Bonchev–Trinajstić information content (AvgIpc) is 2.24. The number of nitrogens with one attached hydrogen (secondary N) is 1. The summed E-state index contributed by atoms with van der Waals surface area (Å²) in [6, 6.07) is 0.389. The van der Waals surface area contributed by atoms with Gasteiger partial charge in [-0.2, -0.15) is 0 Å². The second-order valence-corrected chi connectivity index (χ2v) is 6.08. The van der Waals surface area contributed by atoms with E-state index in [2.05, 4.69) is 46.9 Å². The Morgan fingerprint density at radius 1 is 1.24 bits per heavy atom. The summed E-state index contributed by atoms with van der Waals surface area (Å²) in [6.45, 7) is 13.6. The van der Waals surface area contributed by atoms with Crippen molar-refractivity contribution >= 4 is 0 Å². The summed E-state index contributed by atoms with van der Waals surface area (Å²) in [6.07, 6.45) is 2.93. The van der Waals surface area contributed by atoms with E-state index in [4.69, 9.17) is 4.74 Å². The largest absolute Gasteiger partial charge is 0.394 e. The molecule has 0 aromatic carbocycles. The molecule has 1 unspecified atom stereocenters. The SMILES string of the molecule is CCC(C)(C)OCCCC(C)(CO)NC(C)C. The van der Waals surface area contributed by atoms with Gasteiger partial charge in [0.1, 0.15) is 0 Å². The van der Waals surface area contributed by atoms with Gasteiger partial charge in [-0.05, 0) is 40.0 Å². The minimum absolute atomic E-state index is 0.0267. The van der Waals surface area contributed by atoms with E-state index in [1.807, 2.05) is 0 Å². The Labute approximate surface area is 107 Å². The highest BCUT2D eigenvalue weighted by Gasteiger charge is 2.23.